The van der Waals surface area contributed by atoms with Crippen molar-refractivity contribution in [3.8, 4) is 16.9 Å². The van der Waals surface area contributed by atoms with Gasteiger partial charge in [-0.1, -0.05) is 30.7 Å². The van der Waals surface area contributed by atoms with Gasteiger partial charge in [0.25, 0.3) is 5.92 Å². The molecule has 1 atom stereocenters. The van der Waals surface area contributed by atoms with Crippen molar-refractivity contribution in [1.82, 2.24) is 14.6 Å². The summed E-state index contributed by atoms with van der Waals surface area (Å²) in [4.78, 5) is 4.04. The van der Waals surface area contributed by atoms with Crippen LogP contribution < -0.4 is 10.5 Å². The van der Waals surface area contributed by atoms with Crippen LogP contribution in [0.15, 0.2) is 54.7 Å². The molecule has 0 amide bonds. The Morgan fingerprint density at radius 3 is 2.58 bits per heavy atom. The van der Waals surface area contributed by atoms with Gasteiger partial charge in [0.15, 0.2) is 17.2 Å². The Morgan fingerprint density at radius 2 is 1.85 bits per heavy atom. The number of rotatable bonds is 7. The highest BCUT2D eigenvalue weighted by molar-refractivity contribution is 6.32. The second-order valence-corrected chi connectivity index (χ2v) is 7.97. The molecule has 0 saturated heterocycles. The number of aromatic nitrogens is 3. The van der Waals surface area contributed by atoms with Gasteiger partial charge in [-0.15, -0.1) is 5.10 Å². The molecule has 5 nitrogen and oxygen atoms in total. The minimum absolute atomic E-state index is 0.0426. The fourth-order valence-electron chi connectivity index (χ4n) is 3.46. The van der Waals surface area contributed by atoms with E-state index >= 15 is 4.39 Å². The lowest BCUT2D eigenvalue weighted by molar-refractivity contribution is -0.0401. The van der Waals surface area contributed by atoms with Crippen LogP contribution in [-0.2, 0) is 0 Å². The number of hydrogen-bond acceptors (Lipinski definition) is 4. The van der Waals surface area contributed by atoms with Crippen LogP contribution in [0.5, 0.6) is 5.75 Å². The molecule has 2 N–H and O–H groups in total. The van der Waals surface area contributed by atoms with E-state index in [0.717, 1.165) is 12.1 Å². The average molecular weight is 479 g/mol. The van der Waals surface area contributed by atoms with Gasteiger partial charge in [0.05, 0.1) is 11.6 Å². The monoisotopic (exact) mass is 478 g/mol. The number of nitrogens with two attached hydrogens (primary N) is 1. The summed E-state index contributed by atoms with van der Waals surface area (Å²) < 4.78 is 64.4. The van der Waals surface area contributed by atoms with Crippen LogP contribution in [0.25, 0.3) is 16.8 Å². The number of halogens is 5. The summed E-state index contributed by atoms with van der Waals surface area (Å²) in [5, 5.41) is 3.92. The van der Waals surface area contributed by atoms with Crippen LogP contribution in [0.1, 0.15) is 24.8 Å². The van der Waals surface area contributed by atoms with E-state index in [9.17, 15) is 13.2 Å². The van der Waals surface area contributed by atoms with Crippen molar-refractivity contribution in [3.05, 3.63) is 76.9 Å². The summed E-state index contributed by atoms with van der Waals surface area (Å²) in [6.45, 7) is 0.868. The summed E-state index contributed by atoms with van der Waals surface area (Å²) in [6.07, 6.45) is 0.885. The predicted octanol–water partition coefficient (Wildman–Crippen LogP) is 6.12. The Kier molecular flexibility index (Phi) is 6.16. The summed E-state index contributed by atoms with van der Waals surface area (Å²) in [5.41, 5.74) is 6.90. The van der Waals surface area contributed by atoms with Gasteiger partial charge in [-0.25, -0.2) is 22.1 Å². The molecule has 2 heterocycles. The highest BCUT2D eigenvalue weighted by Gasteiger charge is 2.37. The standard InChI is InChI=1S/C23H19ClF4N4O/c1-13(14-2-4-16(25)5-3-14)23(27,28)9-11-33-21-18(24)7-6-17(20(21)26)15-8-10-32-19(12-15)30-22(29)31-32/h2-8,10,12-13H,9,11H2,1H3,(H2,29,31). The Bertz CT molecular complexity index is 1290. The molecule has 0 aliphatic heterocycles. The van der Waals surface area contributed by atoms with E-state index in [1.165, 1.54) is 35.7 Å². The van der Waals surface area contributed by atoms with Crippen molar-refractivity contribution in [2.75, 3.05) is 12.3 Å². The number of nitrogens with zero attached hydrogens (tertiary/aromatic N) is 3. The summed E-state index contributed by atoms with van der Waals surface area (Å²) >= 11 is 6.08. The Morgan fingerprint density at radius 1 is 1.12 bits per heavy atom. The molecule has 10 heteroatoms. The van der Waals surface area contributed by atoms with Crippen LogP contribution in [0.2, 0.25) is 5.02 Å². The molecule has 0 aliphatic rings. The minimum atomic E-state index is -3.17. The second-order valence-electron chi connectivity index (χ2n) is 7.56. The van der Waals surface area contributed by atoms with E-state index in [2.05, 4.69) is 10.1 Å². The maximum absolute atomic E-state index is 15.2. The van der Waals surface area contributed by atoms with Gasteiger partial charge in [-0.3, -0.25) is 0 Å². The van der Waals surface area contributed by atoms with Gasteiger partial charge in [0, 0.05) is 24.1 Å². The third kappa shape index (κ3) is 4.73. The maximum atomic E-state index is 15.2. The first-order valence-electron chi connectivity index (χ1n) is 10.0. The lowest BCUT2D eigenvalue weighted by Gasteiger charge is -2.24. The zero-order chi connectivity index (χ0) is 23.8. The SMILES string of the molecule is CC(c1ccc(F)cc1)C(F)(F)CCOc1c(Cl)ccc(-c2ccn3nc(N)nc3c2)c1F. The lowest BCUT2D eigenvalue weighted by atomic mass is 9.92. The molecule has 172 valence electrons. The van der Waals surface area contributed by atoms with Gasteiger partial charge >= 0.3 is 0 Å². The third-order valence-electron chi connectivity index (χ3n) is 5.40. The zero-order valence-electron chi connectivity index (χ0n) is 17.4. The normalized spacial score (nSPS) is 12.8. The molecule has 2 aromatic heterocycles. The summed E-state index contributed by atoms with van der Waals surface area (Å²) in [7, 11) is 0. The molecule has 0 fully saturated rings. The van der Waals surface area contributed by atoms with E-state index in [0.29, 0.717) is 11.2 Å². The molecule has 2 aromatic carbocycles. The van der Waals surface area contributed by atoms with Crippen LogP contribution in [0.3, 0.4) is 0 Å². The number of alkyl halides is 2. The molecule has 0 aliphatic carbocycles. The van der Waals surface area contributed by atoms with Crippen LogP contribution in [0, 0.1) is 11.6 Å². The topological polar surface area (TPSA) is 65.4 Å². The van der Waals surface area contributed by atoms with E-state index in [1.807, 2.05) is 0 Å². The van der Waals surface area contributed by atoms with Crippen molar-refractivity contribution >= 4 is 23.2 Å². The van der Waals surface area contributed by atoms with Crippen LogP contribution in [0.4, 0.5) is 23.5 Å². The van der Waals surface area contributed by atoms with Crippen LogP contribution >= 0.6 is 11.6 Å². The van der Waals surface area contributed by atoms with Crippen molar-refractivity contribution in [3.63, 3.8) is 0 Å². The first kappa shape index (κ1) is 22.8. The average Bonchev–Trinajstić information content (AvgIpc) is 3.15. The van der Waals surface area contributed by atoms with E-state index in [1.54, 1.807) is 18.3 Å². The highest BCUT2D eigenvalue weighted by Crippen LogP contribution is 2.38. The number of nitrogen functional groups attached to an aromatic ring is 1. The molecular weight excluding hydrogens is 460 g/mol. The van der Waals surface area contributed by atoms with Crippen molar-refractivity contribution in [2.45, 2.75) is 25.2 Å². The summed E-state index contributed by atoms with van der Waals surface area (Å²) in [6, 6.07) is 11.0. The number of ether oxygens (including phenoxy) is 1. The number of benzene rings is 2. The lowest BCUT2D eigenvalue weighted by Crippen LogP contribution is -2.27. The Labute approximate surface area is 191 Å². The van der Waals surface area contributed by atoms with Gasteiger partial charge in [-0.2, -0.15) is 4.98 Å². The number of fused-ring (bicyclic) bond motifs is 1. The number of anilines is 1. The maximum Gasteiger partial charge on any atom is 0.257 e. The number of hydrogen-bond donors (Lipinski definition) is 1. The molecule has 0 saturated carbocycles. The molecule has 0 spiro atoms. The quantitative estimate of drug-likeness (QED) is 0.325. The highest BCUT2D eigenvalue weighted by atomic mass is 35.5. The Hall–Kier alpha value is -3.33. The zero-order valence-corrected chi connectivity index (χ0v) is 18.2. The van der Waals surface area contributed by atoms with E-state index in [-0.39, 0.29) is 27.8 Å². The largest absolute Gasteiger partial charge is 0.489 e. The molecule has 4 aromatic rings. The first-order chi connectivity index (χ1) is 15.7. The van der Waals surface area contributed by atoms with Crippen molar-refractivity contribution in [1.29, 1.82) is 0 Å². The van der Waals surface area contributed by atoms with Gasteiger partial charge in [0.1, 0.15) is 5.82 Å². The fourth-order valence-corrected chi connectivity index (χ4v) is 3.66. The molecule has 1 unspecified atom stereocenters. The molecule has 0 bridgehead atoms. The molecular formula is C23H19ClF4N4O. The molecule has 33 heavy (non-hydrogen) atoms. The van der Waals surface area contributed by atoms with Crippen molar-refractivity contribution in [2.24, 2.45) is 0 Å². The van der Waals surface area contributed by atoms with Crippen molar-refractivity contribution < 1.29 is 22.3 Å². The molecule has 4 rings (SSSR count). The van der Waals surface area contributed by atoms with Gasteiger partial charge < -0.3 is 10.5 Å². The second kappa shape index (κ2) is 8.90. The minimum Gasteiger partial charge on any atom is -0.489 e. The number of pyridine rings is 1. The van der Waals surface area contributed by atoms with E-state index in [4.69, 9.17) is 22.1 Å². The first-order valence-corrected chi connectivity index (χ1v) is 10.4. The fraction of sp³-hybridized carbons (Fsp3) is 0.217. The van der Waals surface area contributed by atoms with E-state index < -0.39 is 36.5 Å². The Balaban J connectivity index is 1.51. The predicted molar refractivity (Wildman–Crippen MR) is 118 cm³/mol. The smallest absolute Gasteiger partial charge is 0.257 e. The van der Waals surface area contributed by atoms with Crippen LogP contribution in [-0.4, -0.2) is 27.1 Å². The van der Waals surface area contributed by atoms with Gasteiger partial charge in [-0.05, 0) is 47.5 Å². The van der Waals surface area contributed by atoms with Gasteiger partial charge in [0.2, 0.25) is 5.95 Å². The molecule has 0 radical (unpaired) electrons. The summed E-state index contributed by atoms with van der Waals surface area (Å²) in [5.74, 6) is -5.89. The third-order valence-corrected chi connectivity index (χ3v) is 5.70.